The maximum atomic E-state index is 5.31. The fraction of sp³-hybridized carbons (Fsp3) is 0.714. The Kier molecular flexibility index (Phi) is 0.908. The standard InChI is InChI=1S/C7H10O/c1-2-4-6-7(8-6)5-3-1/h1-2,6-7H,3-5H2. The summed E-state index contributed by atoms with van der Waals surface area (Å²) in [6, 6.07) is 0. The van der Waals surface area contributed by atoms with Gasteiger partial charge in [-0.1, -0.05) is 12.2 Å². The van der Waals surface area contributed by atoms with E-state index in [1.54, 1.807) is 0 Å². The number of hydrogen-bond acceptors (Lipinski definition) is 1. The van der Waals surface area contributed by atoms with Gasteiger partial charge in [-0.2, -0.15) is 0 Å². The van der Waals surface area contributed by atoms with Crippen molar-refractivity contribution >= 4 is 0 Å². The van der Waals surface area contributed by atoms with E-state index in [9.17, 15) is 0 Å². The van der Waals surface area contributed by atoms with Gasteiger partial charge in [0.25, 0.3) is 0 Å². The molecule has 0 N–H and O–H groups in total. The lowest BCUT2D eigenvalue weighted by Gasteiger charge is -1.82. The largest absolute Gasteiger partial charge is 0.369 e. The lowest BCUT2D eigenvalue weighted by molar-refractivity contribution is 0.361. The van der Waals surface area contributed by atoms with E-state index in [2.05, 4.69) is 12.2 Å². The second-order valence-corrected chi connectivity index (χ2v) is 2.50. The normalized spacial score (nSPS) is 43.0. The summed E-state index contributed by atoms with van der Waals surface area (Å²) in [7, 11) is 0. The highest BCUT2D eigenvalue weighted by Gasteiger charge is 2.37. The van der Waals surface area contributed by atoms with Crippen LogP contribution in [-0.4, -0.2) is 12.2 Å². The molecule has 1 heterocycles. The van der Waals surface area contributed by atoms with Gasteiger partial charge in [-0.3, -0.25) is 0 Å². The van der Waals surface area contributed by atoms with E-state index in [-0.39, 0.29) is 0 Å². The van der Waals surface area contributed by atoms with Gasteiger partial charge in [0, 0.05) is 0 Å². The first-order chi connectivity index (χ1) is 3.97. The fourth-order valence-electron chi connectivity index (χ4n) is 1.25. The third-order valence-corrected chi connectivity index (χ3v) is 1.84. The van der Waals surface area contributed by atoms with E-state index in [1.807, 2.05) is 0 Å². The molecule has 0 bridgehead atoms. The Morgan fingerprint density at radius 1 is 1.25 bits per heavy atom. The van der Waals surface area contributed by atoms with Crippen LogP contribution < -0.4 is 0 Å². The molecule has 0 aromatic carbocycles. The van der Waals surface area contributed by atoms with Crippen molar-refractivity contribution in [2.24, 2.45) is 0 Å². The lowest BCUT2D eigenvalue weighted by atomic mass is 10.2. The van der Waals surface area contributed by atoms with Gasteiger partial charge in [-0.25, -0.2) is 0 Å². The number of allylic oxidation sites excluding steroid dienone is 1. The van der Waals surface area contributed by atoms with Crippen LogP contribution in [-0.2, 0) is 4.74 Å². The molecule has 1 aliphatic carbocycles. The molecule has 1 saturated heterocycles. The van der Waals surface area contributed by atoms with Gasteiger partial charge in [0.15, 0.2) is 0 Å². The Morgan fingerprint density at radius 2 is 2.25 bits per heavy atom. The third kappa shape index (κ3) is 0.671. The minimum Gasteiger partial charge on any atom is -0.369 e. The van der Waals surface area contributed by atoms with E-state index in [4.69, 9.17) is 4.74 Å². The molecule has 1 nitrogen and oxygen atoms in total. The highest BCUT2D eigenvalue weighted by molar-refractivity contribution is 4.98. The summed E-state index contributed by atoms with van der Waals surface area (Å²) in [6.45, 7) is 0. The molecule has 0 spiro atoms. The highest BCUT2D eigenvalue weighted by Crippen LogP contribution is 2.31. The van der Waals surface area contributed by atoms with Crippen molar-refractivity contribution in [2.45, 2.75) is 31.5 Å². The summed E-state index contributed by atoms with van der Waals surface area (Å²) < 4.78 is 5.31. The number of rotatable bonds is 0. The first kappa shape index (κ1) is 4.57. The molecule has 8 heavy (non-hydrogen) atoms. The zero-order chi connectivity index (χ0) is 5.40. The summed E-state index contributed by atoms with van der Waals surface area (Å²) in [5.74, 6) is 0. The molecule has 1 fully saturated rings. The van der Waals surface area contributed by atoms with Crippen molar-refractivity contribution in [3.8, 4) is 0 Å². The summed E-state index contributed by atoms with van der Waals surface area (Å²) in [4.78, 5) is 0. The van der Waals surface area contributed by atoms with Crippen LogP contribution in [0.3, 0.4) is 0 Å². The van der Waals surface area contributed by atoms with Crippen molar-refractivity contribution < 1.29 is 4.74 Å². The molecule has 0 aromatic rings. The van der Waals surface area contributed by atoms with Crippen molar-refractivity contribution in [1.29, 1.82) is 0 Å². The molecule has 1 heteroatoms. The maximum absolute atomic E-state index is 5.31. The predicted molar refractivity (Wildman–Crippen MR) is 31.7 cm³/mol. The molecule has 2 rings (SSSR count). The summed E-state index contributed by atoms with van der Waals surface area (Å²) >= 11 is 0. The summed E-state index contributed by atoms with van der Waals surface area (Å²) in [5.41, 5.74) is 0. The van der Waals surface area contributed by atoms with Crippen molar-refractivity contribution in [3.05, 3.63) is 12.2 Å². The minimum atomic E-state index is 0.605. The van der Waals surface area contributed by atoms with Gasteiger partial charge >= 0.3 is 0 Å². The number of fused-ring (bicyclic) bond motifs is 1. The molecule has 0 amide bonds. The Morgan fingerprint density at radius 3 is 3.25 bits per heavy atom. The fourth-order valence-corrected chi connectivity index (χ4v) is 1.25. The summed E-state index contributed by atoms with van der Waals surface area (Å²) in [6.07, 6.45) is 9.36. The second kappa shape index (κ2) is 1.59. The SMILES string of the molecule is C1=CCC2OC2CC1. The van der Waals surface area contributed by atoms with Crippen LogP contribution in [0.5, 0.6) is 0 Å². The Labute approximate surface area is 49.3 Å². The smallest absolute Gasteiger partial charge is 0.0876 e. The number of hydrogen-bond donors (Lipinski definition) is 0. The van der Waals surface area contributed by atoms with E-state index in [1.165, 1.54) is 12.8 Å². The molecule has 0 aromatic heterocycles. The molecule has 0 saturated carbocycles. The van der Waals surface area contributed by atoms with Crippen LogP contribution in [0.15, 0.2) is 12.2 Å². The Hall–Kier alpha value is -0.300. The lowest BCUT2D eigenvalue weighted by Crippen LogP contribution is -1.87. The molecule has 2 atom stereocenters. The Bertz CT molecular complexity index is 118. The first-order valence-corrected chi connectivity index (χ1v) is 3.27. The maximum Gasteiger partial charge on any atom is 0.0876 e. The van der Waals surface area contributed by atoms with E-state index in [0.29, 0.717) is 12.2 Å². The number of ether oxygens (including phenoxy) is 1. The predicted octanol–water partition coefficient (Wildman–Crippen LogP) is 1.49. The topological polar surface area (TPSA) is 12.5 Å². The molecule has 2 aliphatic rings. The average molecular weight is 110 g/mol. The minimum absolute atomic E-state index is 0.605. The van der Waals surface area contributed by atoms with Crippen LogP contribution in [0.2, 0.25) is 0 Å². The molecule has 1 aliphatic heterocycles. The molecule has 2 unspecified atom stereocenters. The van der Waals surface area contributed by atoms with Gasteiger partial charge in [-0.05, 0) is 19.3 Å². The molecule has 44 valence electrons. The van der Waals surface area contributed by atoms with Gasteiger partial charge in [-0.15, -0.1) is 0 Å². The van der Waals surface area contributed by atoms with Gasteiger partial charge in [0.2, 0.25) is 0 Å². The van der Waals surface area contributed by atoms with Gasteiger partial charge in [0.1, 0.15) is 0 Å². The van der Waals surface area contributed by atoms with Crippen LogP contribution in [0.25, 0.3) is 0 Å². The summed E-state index contributed by atoms with van der Waals surface area (Å²) in [5, 5.41) is 0. The van der Waals surface area contributed by atoms with Crippen molar-refractivity contribution in [1.82, 2.24) is 0 Å². The highest BCUT2D eigenvalue weighted by atomic mass is 16.6. The molecule has 0 radical (unpaired) electrons. The molecular formula is C7H10O. The van der Waals surface area contributed by atoms with Crippen LogP contribution in [0, 0.1) is 0 Å². The number of epoxide rings is 1. The quantitative estimate of drug-likeness (QED) is 0.340. The zero-order valence-corrected chi connectivity index (χ0v) is 4.84. The van der Waals surface area contributed by atoms with Crippen LogP contribution in [0.1, 0.15) is 19.3 Å². The van der Waals surface area contributed by atoms with E-state index in [0.717, 1.165) is 6.42 Å². The van der Waals surface area contributed by atoms with Crippen LogP contribution in [0.4, 0.5) is 0 Å². The van der Waals surface area contributed by atoms with E-state index >= 15 is 0 Å². The Balaban J connectivity index is 2.00. The third-order valence-electron chi connectivity index (χ3n) is 1.84. The molecular weight excluding hydrogens is 100 g/mol. The zero-order valence-electron chi connectivity index (χ0n) is 4.84. The van der Waals surface area contributed by atoms with E-state index < -0.39 is 0 Å². The van der Waals surface area contributed by atoms with Crippen molar-refractivity contribution in [3.63, 3.8) is 0 Å². The van der Waals surface area contributed by atoms with Gasteiger partial charge in [0.05, 0.1) is 12.2 Å². The second-order valence-electron chi connectivity index (χ2n) is 2.50. The average Bonchev–Trinajstić information content (AvgIpc) is 2.36. The first-order valence-electron chi connectivity index (χ1n) is 3.27. The van der Waals surface area contributed by atoms with Crippen LogP contribution >= 0.6 is 0 Å². The monoisotopic (exact) mass is 110 g/mol. The van der Waals surface area contributed by atoms with Crippen molar-refractivity contribution in [2.75, 3.05) is 0 Å². The van der Waals surface area contributed by atoms with Gasteiger partial charge < -0.3 is 4.74 Å².